The molecular weight excluding hydrogens is 386 g/mol. The number of aryl methyl sites for hydroxylation is 1. The molecule has 3 heterocycles. The number of aromatic nitrogens is 4. The fourth-order valence-electron chi connectivity index (χ4n) is 4.42. The van der Waals surface area contributed by atoms with Crippen LogP contribution in [0.4, 0.5) is 0 Å². The van der Waals surface area contributed by atoms with E-state index in [2.05, 4.69) is 45.6 Å². The van der Waals surface area contributed by atoms with Crippen LogP contribution in [0.2, 0.25) is 0 Å². The summed E-state index contributed by atoms with van der Waals surface area (Å²) < 4.78 is 1.73. The van der Waals surface area contributed by atoms with Gasteiger partial charge in [0.2, 0.25) is 0 Å². The van der Waals surface area contributed by atoms with E-state index in [4.69, 9.17) is 0 Å². The Morgan fingerprint density at radius 1 is 1.03 bits per heavy atom. The van der Waals surface area contributed by atoms with E-state index in [1.807, 2.05) is 42.2 Å². The van der Waals surface area contributed by atoms with Crippen LogP contribution < -0.4 is 0 Å². The van der Waals surface area contributed by atoms with E-state index in [1.165, 1.54) is 5.56 Å². The van der Waals surface area contributed by atoms with E-state index in [0.717, 1.165) is 54.7 Å². The van der Waals surface area contributed by atoms with Gasteiger partial charge in [-0.1, -0.05) is 35.5 Å². The third kappa shape index (κ3) is 3.93. The van der Waals surface area contributed by atoms with E-state index < -0.39 is 0 Å². The number of hydrogen-bond acceptors (Lipinski definition) is 4. The summed E-state index contributed by atoms with van der Waals surface area (Å²) in [4.78, 5) is 19.5. The van der Waals surface area contributed by atoms with Crippen molar-refractivity contribution in [3.8, 4) is 5.69 Å². The van der Waals surface area contributed by atoms with Gasteiger partial charge < -0.3 is 4.90 Å². The van der Waals surface area contributed by atoms with Gasteiger partial charge in [-0.3, -0.25) is 4.79 Å². The van der Waals surface area contributed by atoms with E-state index in [9.17, 15) is 4.79 Å². The smallest absolute Gasteiger partial charge is 0.253 e. The topological polar surface area (TPSA) is 63.9 Å². The second kappa shape index (κ2) is 8.30. The lowest BCUT2D eigenvalue weighted by Crippen LogP contribution is -2.39. The number of carbonyl (C=O) groups excluding carboxylic acids is 1. The van der Waals surface area contributed by atoms with Crippen LogP contribution in [0.25, 0.3) is 16.9 Å². The minimum absolute atomic E-state index is 0.106. The van der Waals surface area contributed by atoms with Gasteiger partial charge in [-0.25, -0.2) is 4.98 Å². The van der Waals surface area contributed by atoms with Crippen molar-refractivity contribution in [2.45, 2.75) is 26.2 Å². The van der Waals surface area contributed by atoms with Gasteiger partial charge in [-0.2, -0.15) is 4.68 Å². The Morgan fingerprint density at radius 3 is 2.61 bits per heavy atom. The maximum atomic E-state index is 13.1. The van der Waals surface area contributed by atoms with Crippen LogP contribution in [0.15, 0.2) is 66.9 Å². The number of benzene rings is 2. The van der Waals surface area contributed by atoms with Crippen molar-refractivity contribution < 1.29 is 4.79 Å². The van der Waals surface area contributed by atoms with Crippen LogP contribution in [0.1, 0.15) is 34.3 Å². The van der Waals surface area contributed by atoms with Crippen LogP contribution in [0, 0.1) is 12.8 Å². The predicted molar refractivity (Wildman–Crippen MR) is 120 cm³/mol. The second-order valence-electron chi connectivity index (χ2n) is 8.27. The maximum absolute atomic E-state index is 13.1. The van der Waals surface area contributed by atoms with Crippen molar-refractivity contribution in [2.24, 2.45) is 5.92 Å². The van der Waals surface area contributed by atoms with Gasteiger partial charge in [0.25, 0.3) is 5.91 Å². The lowest BCUT2D eigenvalue weighted by atomic mass is 9.90. The standard InChI is InChI=1S/C25H25N5O/c1-18-16-21(9-10-23(18)30-24-22(27-28-30)8-5-13-26-24)25(31)29-14-11-20(12-15-29)17-19-6-3-2-4-7-19/h2-10,13,16,20H,11-12,14-15,17H2,1H3. The third-order valence-corrected chi connectivity index (χ3v) is 6.15. The fourth-order valence-corrected chi connectivity index (χ4v) is 4.42. The summed E-state index contributed by atoms with van der Waals surface area (Å²) in [6.07, 6.45) is 4.93. The van der Waals surface area contributed by atoms with Crippen LogP contribution in [-0.4, -0.2) is 43.9 Å². The van der Waals surface area contributed by atoms with Crippen LogP contribution in [0.5, 0.6) is 0 Å². The Bertz CT molecular complexity index is 1210. The molecule has 31 heavy (non-hydrogen) atoms. The Balaban J connectivity index is 1.28. The molecule has 2 aromatic carbocycles. The SMILES string of the molecule is Cc1cc(C(=O)N2CCC(Cc3ccccc3)CC2)ccc1-n1nnc2cccnc21. The number of carbonyl (C=O) groups is 1. The number of pyridine rings is 1. The molecule has 156 valence electrons. The quantitative estimate of drug-likeness (QED) is 0.504. The molecule has 2 aromatic heterocycles. The molecule has 0 unspecified atom stereocenters. The Kier molecular flexibility index (Phi) is 5.20. The molecule has 0 atom stereocenters. The molecule has 1 saturated heterocycles. The first kappa shape index (κ1) is 19.4. The molecule has 0 saturated carbocycles. The lowest BCUT2D eigenvalue weighted by Gasteiger charge is -2.32. The molecule has 1 amide bonds. The fraction of sp³-hybridized carbons (Fsp3) is 0.280. The van der Waals surface area contributed by atoms with E-state index in [-0.39, 0.29) is 5.91 Å². The number of piperidine rings is 1. The number of rotatable bonds is 4. The highest BCUT2D eigenvalue weighted by Crippen LogP contribution is 2.24. The summed E-state index contributed by atoms with van der Waals surface area (Å²) >= 11 is 0. The molecule has 6 nitrogen and oxygen atoms in total. The number of likely N-dealkylation sites (tertiary alicyclic amines) is 1. The molecule has 0 N–H and O–H groups in total. The van der Waals surface area contributed by atoms with Crippen molar-refractivity contribution in [2.75, 3.05) is 13.1 Å². The van der Waals surface area contributed by atoms with E-state index in [1.54, 1.807) is 10.9 Å². The minimum Gasteiger partial charge on any atom is -0.339 e. The predicted octanol–water partition coefficient (Wildman–Crippen LogP) is 4.22. The first-order valence-corrected chi connectivity index (χ1v) is 10.8. The van der Waals surface area contributed by atoms with Crippen LogP contribution in [0.3, 0.4) is 0 Å². The minimum atomic E-state index is 0.106. The highest BCUT2D eigenvalue weighted by molar-refractivity contribution is 5.94. The highest BCUT2D eigenvalue weighted by Gasteiger charge is 2.24. The van der Waals surface area contributed by atoms with Gasteiger partial charge in [0.15, 0.2) is 5.65 Å². The Hall–Kier alpha value is -3.54. The second-order valence-corrected chi connectivity index (χ2v) is 8.27. The van der Waals surface area contributed by atoms with Crippen LogP contribution in [-0.2, 0) is 6.42 Å². The molecule has 6 heteroatoms. The normalized spacial score (nSPS) is 14.8. The van der Waals surface area contributed by atoms with E-state index in [0.29, 0.717) is 11.6 Å². The van der Waals surface area contributed by atoms with Gasteiger partial charge in [0.1, 0.15) is 5.52 Å². The van der Waals surface area contributed by atoms with Gasteiger partial charge in [-0.15, -0.1) is 5.10 Å². The van der Waals surface area contributed by atoms with Crippen molar-refractivity contribution >= 4 is 17.1 Å². The van der Waals surface area contributed by atoms with Gasteiger partial charge in [0, 0.05) is 24.8 Å². The zero-order chi connectivity index (χ0) is 21.2. The summed E-state index contributed by atoms with van der Waals surface area (Å²) in [6, 6.07) is 20.1. The van der Waals surface area contributed by atoms with Gasteiger partial charge in [0.05, 0.1) is 5.69 Å². The van der Waals surface area contributed by atoms with E-state index >= 15 is 0 Å². The first-order chi connectivity index (χ1) is 15.2. The first-order valence-electron chi connectivity index (χ1n) is 10.8. The van der Waals surface area contributed by atoms with Crippen molar-refractivity contribution in [1.82, 2.24) is 24.9 Å². The zero-order valence-corrected chi connectivity index (χ0v) is 17.6. The van der Waals surface area contributed by atoms with Crippen molar-refractivity contribution in [3.63, 3.8) is 0 Å². The number of fused-ring (bicyclic) bond motifs is 1. The summed E-state index contributed by atoms with van der Waals surface area (Å²) in [5.74, 6) is 0.748. The highest BCUT2D eigenvalue weighted by atomic mass is 16.2. The molecule has 1 fully saturated rings. The molecule has 1 aliphatic heterocycles. The average Bonchev–Trinajstić information content (AvgIpc) is 3.24. The summed E-state index contributed by atoms with van der Waals surface area (Å²) in [6.45, 7) is 3.62. The number of nitrogens with zero attached hydrogens (tertiary/aromatic N) is 5. The largest absolute Gasteiger partial charge is 0.339 e. The Morgan fingerprint density at radius 2 is 1.84 bits per heavy atom. The number of amides is 1. The third-order valence-electron chi connectivity index (χ3n) is 6.15. The van der Waals surface area contributed by atoms with Crippen LogP contribution >= 0.6 is 0 Å². The molecule has 0 spiro atoms. The molecular formula is C25H25N5O. The summed E-state index contributed by atoms with van der Waals surface area (Å²) in [5.41, 5.74) is 5.43. The van der Waals surface area contributed by atoms with Gasteiger partial charge in [-0.05, 0) is 73.6 Å². The molecule has 0 aliphatic carbocycles. The average molecular weight is 412 g/mol. The van der Waals surface area contributed by atoms with Crippen molar-refractivity contribution in [1.29, 1.82) is 0 Å². The summed E-state index contributed by atoms with van der Waals surface area (Å²) in [7, 11) is 0. The molecule has 0 bridgehead atoms. The molecule has 0 radical (unpaired) electrons. The van der Waals surface area contributed by atoms with Crippen molar-refractivity contribution in [3.05, 3.63) is 83.6 Å². The summed E-state index contributed by atoms with van der Waals surface area (Å²) in [5, 5.41) is 8.42. The zero-order valence-electron chi connectivity index (χ0n) is 17.6. The lowest BCUT2D eigenvalue weighted by molar-refractivity contribution is 0.0690. The molecule has 1 aliphatic rings. The molecule has 5 rings (SSSR count). The monoisotopic (exact) mass is 411 g/mol. The maximum Gasteiger partial charge on any atom is 0.253 e. The molecule has 4 aromatic rings. The van der Waals surface area contributed by atoms with Gasteiger partial charge >= 0.3 is 0 Å². The Labute approximate surface area is 181 Å². The number of hydrogen-bond donors (Lipinski definition) is 0.